The van der Waals surface area contributed by atoms with Gasteiger partial charge in [-0.1, -0.05) is 12.1 Å². The lowest BCUT2D eigenvalue weighted by atomic mass is 9.93. The Balaban J connectivity index is 1.39. The fraction of sp³-hybridized carbons (Fsp3) is 0.304. The largest absolute Gasteiger partial charge is 0.497 e. The second-order valence-electron chi connectivity index (χ2n) is 7.41. The first-order valence-corrected chi connectivity index (χ1v) is 9.92. The molecule has 1 amide bonds. The van der Waals surface area contributed by atoms with Crippen LogP contribution in [0.3, 0.4) is 0 Å². The minimum atomic E-state index is -0.134. The zero-order chi connectivity index (χ0) is 20.2. The Bertz CT molecular complexity index is 994. The molecule has 1 aliphatic carbocycles. The Morgan fingerprint density at radius 3 is 2.86 bits per heavy atom. The molecular weight excluding hydrogens is 364 g/mol. The number of aryl methyl sites for hydroxylation is 2. The van der Waals surface area contributed by atoms with Crippen LogP contribution in [0.4, 0.5) is 5.69 Å². The van der Waals surface area contributed by atoms with E-state index in [9.17, 15) is 4.79 Å². The molecule has 1 aliphatic rings. The molecule has 1 heterocycles. The van der Waals surface area contributed by atoms with Gasteiger partial charge >= 0.3 is 0 Å². The van der Waals surface area contributed by atoms with E-state index < -0.39 is 0 Å². The number of anilines is 1. The molecule has 0 saturated carbocycles. The molecule has 2 N–H and O–H groups in total. The van der Waals surface area contributed by atoms with E-state index in [4.69, 9.17) is 4.74 Å². The first-order valence-electron chi connectivity index (χ1n) is 9.92. The minimum Gasteiger partial charge on any atom is -0.497 e. The topological polar surface area (TPSA) is 68.2 Å². The first-order chi connectivity index (χ1) is 14.1. The van der Waals surface area contributed by atoms with Gasteiger partial charge in [0.25, 0.3) is 5.91 Å². The zero-order valence-corrected chi connectivity index (χ0v) is 16.8. The lowest BCUT2D eigenvalue weighted by Gasteiger charge is -2.23. The van der Waals surface area contributed by atoms with Crippen LogP contribution < -0.4 is 15.4 Å². The smallest absolute Gasteiger partial charge is 0.255 e. The molecule has 0 bridgehead atoms. The number of carbonyl (C=O) groups is 1. The van der Waals surface area contributed by atoms with Crippen molar-refractivity contribution < 1.29 is 9.53 Å². The highest BCUT2D eigenvalue weighted by molar-refractivity contribution is 6.04. The van der Waals surface area contributed by atoms with Crippen molar-refractivity contribution in [1.82, 2.24) is 15.1 Å². The van der Waals surface area contributed by atoms with Crippen LogP contribution in [0.15, 0.2) is 54.7 Å². The van der Waals surface area contributed by atoms with E-state index >= 15 is 0 Å². The molecule has 0 fully saturated rings. The van der Waals surface area contributed by atoms with Gasteiger partial charge in [0.2, 0.25) is 0 Å². The van der Waals surface area contributed by atoms with E-state index in [0.717, 1.165) is 42.8 Å². The molecule has 1 aromatic heterocycles. The van der Waals surface area contributed by atoms with Crippen LogP contribution in [-0.4, -0.2) is 22.8 Å². The first kappa shape index (κ1) is 19.2. The average molecular weight is 390 g/mol. The fourth-order valence-corrected chi connectivity index (χ4v) is 3.83. The van der Waals surface area contributed by atoms with Gasteiger partial charge in [0.05, 0.1) is 12.8 Å². The number of nitrogens with one attached hydrogen (secondary N) is 2. The Kier molecular flexibility index (Phi) is 5.62. The van der Waals surface area contributed by atoms with Crippen molar-refractivity contribution in [2.24, 2.45) is 7.05 Å². The van der Waals surface area contributed by atoms with Crippen molar-refractivity contribution in [3.8, 4) is 5.75 Å². The van der Waals surface area contributed by atoms with Crippen molar-refractivity contribution in [2.75, 3.05) is 12.4 Å². The maximum atomic E-state index is 12.5. The predicted octanol–water partition coefficient (Wildman–Crippen LogP) is 3.85. The summed E-state index contributed by atoms with van der Waals surface area (Å²) in [5.74, 6) is 0.596. The Morgan fingerprint density at radius 1 is 1.24 bits per heavy atom. The summed E-state index contributed by atoms with van der Waals surface area (Å²) in [6.45, 7) is 0.741. The van der Waals surface area contributed by atoms with Gasteiger partial charge in [-0.05, 0) is 61.2 Å². The number of methoxy groups -OCH3 is 1. The predicted molar refractivity (Wildman–Crippen MR) is 113 cm³/mol. The highest BCUT2D eigenvalue weighted by Crippen LogP contribution is 2.29. The molecule has 0 spiro atoms. The Labute approximate surface area is 170 Å². The Morgan fingerprint density at radius 2 is 2.07 bits per heavy atom. The van der Waals surface area contributed by atoms with Crippen LogP contribution in [0.5, 0.6) is 5.75 Å². The number of nitrogens with zero attached hydrogens (tertiary/aromatic N) is 2. The van der Waals surface area contributed by atoms with Gasteiger partial charge in [-0.15, -0.1) is 0 Å². The van der Waals surface area contributed by atoms with Gasteiger partial charge in [-0.3, -0.25) is 9.48 Å². The third-order valence-corrected chi connectivity index (χ3v) is 5.31. The summed E-state index contributed by atoms with van der Waals surface area (Å²) in [4.78, 5) is 12.5. The van der Waals surface area contributed by atoms with Gasteiger partial charge in [0, 0.05) is 42.6 Å². The second kappa shape index (κ2) is 8.49. The molecule has 1 unspecified atom stereocenters. The lowest BCUT2D eigenvalue weighted by molar-refractivity contribution is 0.102. The van der Waals surface area contributed by atoms with Crippen molar-refractivity contribution in [2.45, 2.75) is 31.8 Å². The van der Waals surface area contributed by atoms with Crippen molar-refractivity contribution in [1.29, 1.82) is 0 Å². The molecule has 2 aromatic carbocycles. The monoisotopic (exact) mass is 390 g/mol. The molecule has 4 rings (SSSR count). The number of amides is 1. The van der Waals surface area contributed by atoms with E-state index in [0.29, 0.717) is 11.6 Å². The molecule has 0 radical (unpaired) electrons. The molecule has 0 saturated heterocycles. The third kappa shape index (κ3) is 4.49. The molecular formula is C23H26N4O2. The number of hydrogen-bond acceptors (Lipinski definition) is 4. The molecule has 6 heteroatoms. The van der Waals surface area contributed by atoms with Gasteiger partial charge in [-0.25, -0.2) is 0 Å². The maximum absolute atomic E-state index is 12.5. The molecule has 150 valence electrons. The van der Waals surface area contributed by atoms with E-state index in [-0.39, 0.29) is 5.91 Å². The minimum absolute atomic E-state index is 0.134. The quantitative estimate of drug-likeness (QED) is 0.671. The summed E-state index contributed by atoms with van der Waals surface area (Å²) >= 11 is 0. The fourth-order valence-electron chi connectivity index (χ4n) is 3.83. The van der Waals surface area contributed by atoms with E-state index in [1.165, 1.54) is 11.3 Å². The van der Waals surface area contributed by atoms with Gasteiger partial charge in [-0.2, -0.15) is 5.10 Å². The number of ether oxygens (including phenoxy) is 1. The second-order valence-corrected chi connectivity index (χ2v) is 7.41. The molecule has 29 heavy (non-hydrogen) atoms. The summed E-state index contributed by atoms with van der Waals surface area (Å²) in [5.41, 5.74) is 5.03. The number of rotatable bonds is 6. The summed E-state index contributed by atoms with van der Waals surface area (Å²) in [6.07, 6.45) is 5.45. The van der Waals surface area contributed by atoms with Crippen molar-refractivity contribution in [3.63, 3.8) is 0 Å². The summed E-state index contributed by atoms with van der Waals surface area (Å²) in [7, 11) is 3.58. The SMILES string of the molecule is COc1ccc(C(=O)Nc2cccc(CNC3CCCc4nn(C)cc43)c2)cc1. The number of benzene rings is 2. The van der Waals surface area contributed by atoms with Crippen LogP contribution >= 0.6 is 0 Å². The van der Waals surface area contributed by atoms with Crippen molar-refractivity contribution >= 4 is 11.6 Å². The van der Waals surface area contributed by atoms with Gasteiger partial charge in [0.15, 0.2) is 0 Å². The number of carbonyl (C=O) groups excluding carboxylic acids is 1. The van der Waals surface area contributed by atoms with Gasteiger partial charge < -0.3 is 15.4 Å². The van der Waals surface area contributed by atoms with E-state index in [1.54, 1.807) is 31.4 Å². The highest BCUT2D eigenvalue weighted by atomic mass is 16.5. The molecule has 3 aromatic rings. The van der Waals surface area contributed by atoms with Crippen LogP contribution in [0, 0.1) is 0 Å². The maximum Gasteiger partial charge on any atom is 0.255 e. The molecule has 6 nitrogen and oxygen atoms in total. The van der Waals surface area contributed by atoms with Crippen LogP contribution in [0.1, 0.15) is 46.1 Å². The van der Waals surface area contributed by atoms with Crippen LogP contribution in [0.2, 0.25) is 0 Å². The third-order valence-electron chi connectivity index (χ3n) is 5.31. The molecule has 0 aliphatic heterocycles. The normalized spacial score (nSPS) is 15.6. The van der Waals surface area contributed by atoms with Crippen molar-refractivity contribution in [3.05, 3.63) is 77.1 Å². The van der Waals surface area contributed by atoms with E-state index in [2.05, 4.69) is 28.0 Å². The number of aromatic nitrogens is 2. The molecule has 1 atom stereocenters. The number of fused-ring (bicyclic) bond motifs is 1. The average Bonchev–Trinajstić information content (AvgIpc) is 3.13. The number of hydrogen-bond donors (Lipinski definition) is 2. The summed E-state index contributed by atoms with van der Waals surface area (Å²) < 4.78 is 7.04. The summed E-state index contributed by atoms with van der Waals surface area (Å²) in [5, 5.41) is 11.2. The zero-order valence-electron chi connectivity index (χ0n) is 16.8. The Hall–Kier alpha value is -3.12. The summed E-state index contributed by atoms with van der Waals surface area (Å²) in [6, 6.07) is 15.4. The lowest BCUT2D eigenvalue weighted by Crippen LogP contribution is -2.24. The highest BCUT2D eigenvalue weighted by Gasteiger charge is 2.22. The van der Waals surface area contributed by atoms with Crippen LogP contribution in [-0.2, 0) is 20.0 Å². The van der Waals surface area contributed by atoms with Crippen LogP contribution in [0.25, 0.3) is 0 Å². The van der Waals surface area contributed by atoms with E-state index in [1.807, 2.05) is 29.9 Å². The van der Waals surface area contributed by atoms with Gasteiger partial charge in [0.1, 0.15) is 5.75 Å². The standard InChI is InChI=1S/C23H26N4O2/c1-27-15-20-21(7-4-8-22(20)26-27)24-14-16-5-3-6-18(13-16)25-23(28)17-9-11-19(29-2)12-10-17/h3,5-6,9-13,15,21,24H,4,7-8,14H2,1-2H3,(H,25,28).